The first kappa shape index (κ1) is 21.0. The average Bonchev–Trinajstić information content (AvgIpc) is 2.89. The number of carbonyl (C=O) groups excluding carboxylic acids is 1. The number of thioether (sulfide) groups is 2. The number of carbonyl (C=O) groups is 1. The maximum absolute atomic E-state index is 17.0. The molecule has 0 spiro atoms. The molecule has 0 aliphatic heterocycles. The van der Waals surface area contributed by atoms with Gasteiger partial charge >= 0.3 is 0 Å². The summed E-state index contributed by atoms with van der Waals surface area (Å²) in [5.74, 6) is 0.0484. The fraction of sp³-hybridized carbons (Fsp3) is 0.783. The summed E-state index contributed by atoms with van der Waals surface area (Å²) in [5.41, 5.74) is -1.80. The molecule has 0 saturated heterocycles. The van der Waals surface area contributed by atoms with Gasteiger partial charge in [0, 0.05) is 16.6 Å². The third-order valence-electron chi connectivity index (χ3n) is 8.44. The second-order valence-corrected chi connectivity index (χ2v) is 13.2. The normalized spacial score (nSPS) is 50.2. The summed E-state index contributed by atoms with van der Waals surface area (Å²) in [5, 5.41) is 11.9. The van der Waals surface area contributed by atoms with Crippen molar-refractivity contribution in [3.05, 3.63) is 23.8 Å². The van der Waals surface area contributed by atoms with Crippen molar-refractivity contribution in [2.75, 3.05) is 6.26 Å². The van der Waals surface area contributed by atoms with Crippen LogP contribution in [-0.4, -0.2) is 38.2 Å². The van der Waals surface area contributed by atoms with Gasteiger partial charge in [0.1, 0.15) is 0 Å². The highest BCUT2D eigenvalue weighted by atomic mass is 32.2. The molecule has 5 heteroatoms. The molecule has 7 atom stereocenters. The molecule has 4 aliphatic carbocycles. The first-order chi connectivity index (χ1) is 13.0. The molecule has 156 valence electrons. The van der Waals surface area contributed by atoms with Gasteiger partial charge in [-0.2, -0.15) is 0 Å². The summed E-state index contributed by atoms with van der Waals surface area (Å²) in [6.07, 6.45) is 10.1. The fourth-order valence-corrected chi connectivity index (χ4v) is 10.6. The molecular formula is C23H33FO2S2. The smallest absolute Gasteiger partial charge is 0.178 e. The van der Waals surface area contributed by atoms with Gasteiger partial charge in [-0.1, -0.05) is 32.4 Å². The van der Waals surface area contributed by atoms with Gasteiger partial charge in [0.2, 0.25) is 0 Å². The first-order valence-electron chi connectivity index (χ1n) is 10.6. The SMILES string of the molecule is CS[C@]1(SC(C)C)CC[C@H]2[C@@H]3CCC4=CC(=O)C=C[C@]4(C)C3(F)[C@@H](O)C[C@@]21C. The number of fused-ring (bicyclic) bond motifs is 5. The summed E-state index contributed by atoms with van der Waals surface area (Å²) in [4.78, 5) is 11.9. The zero-order chi connectivity index (χ0) is 20.5. The molecule has 28 heavy (non-hydrogen) atoms. The van der Waals surface area contributed by atoms with Gasteiger partial charge in [0.25, 0.3) is 0 Å². The molecule has 0 aromatic heterocycles. The largest absolute Gasteiger partial charge is 0.390 e. The van der Waals surface area contributed by atoms with Crippen molar-refractivity contribution in [3.63, 3.8) is 0 Å². The van der Waals surface area contributed by atoms with E-state index in [1.54, 1.807) is 12.2 Å². The molecule has 0 aromatic rings. The predicted molar refractivity (Wildman–Crippen MR) is 117 cm³/mol. The highest BCUT2D eigenvalue weighted by Crippen LogP contribution is 2.73. The summed E-state index contributed by atoms with van der Waals surface area (Å²) in [6, 6.07) is 0. The third-order valence-corrected chi connectivity index (χ3v) is 12.1. The van der Waals surface area contributed by atoms with Crippen molar-refractivity contribution < 1.29 is 14.3 Å². The van der Waals surface area contributed by atoms with Gasteiger partial charge in [-0.15, -0.1) is 23.5 Å². The summed E-state index contributed by atoms with van der Waals surface area (Å²) < 4.78 is 17.0. The van der Waals surface area contributed by atoms with Crippen LogP contribution in [0.2, 0.25) is 0 Å². The van der Waals surface area contributed by atoms with E-state index in [9.17, 15) is 9.90 Å². The molecule has 3 saturated carbocycles. The second kappa shape index (κ2) is 6.62. The van der Waals surface area contributed by atoms with Gasteiger partial charge in [0.05, 0.1) is 10.2 Å². The topological polar surface area (TPSA) is 37.3 Å². The average molecular weight is 425 g/mol. The molecule has 0 radical (unpaired) electrons. The van der Waals surface area contributed by atoms with E-state index in [4.69, 9.17) is 0 Å². The Balaban J connectivity index is 1.79. The molecule has 4 aliphatic rings. The van der Waals surface area contributed by atoms with Crippen molar-refractivity contribution in [3.8, 4) is 0 Å². The minimum absolute atomic E-state index is 0.0313. The highest BCUT2D eigenvalue weighted by molar-refractivity contribution is 8.18. The highest BCUT2D eigenvalue weighted by Gasteiger charge is 2.73. The second-order valence-electron chi connectivity index (χ2n) is 9.93. The van der Waals surface area contributed by atoms with Crippen LogP contribution in [0.15, 0.2) is 23.8 Å². The maximum Gasteiger partial charge on any atom is 0.178 e. The van der Waals surface area contributed by atoms with E-state index in [1.165, 1.54) is 6.08 Å². The van der Waals surface area contributed by atoms with E-state index in [0.29, 0.717) is 11.7 Å². The van der Waals surface area contributed by atoms with Gasteiger partial charge in [-0.25, -0.2) is 4.39 Å². The van der Waals surface area contributed by atoms with E-state index in [-0.39, 0.29) is 27.1 Å². The van der Waals surface area contributed by atoms with Crippen LogP contribution >= 0.6 is 23.5 Å². The Labute approximate surface area is 177 Å². The molecule has 3 fully saturated rings. The number of halogens is 1. The van der Waals surface area contributed by atoms with Gasteiger partial charge < -0.3 is 5.11 Å². The number of hydrogen-bond acceptors (Lipinski definition) is 4. The Kier molecular flexibility index (Phi) is 4.96. The van der Waals surface area contributed by atoms with E-state index < -0.39 is 17.2 Å². The number of alkyl halides is 1. The van der Waals surface area contributed by atoms with Gasteiger partial charge in [-0.05, 0) is 68.8 Å². The summed E-state index contributed by atoms with van der Waals surface area (Å²) in [6.45, 7) is 8.69. The Hall–Kier alpha value is -0.260. The lowest BCUT2D eigenvalue weighted by molar-refractivity contribution is -0.189. The minimum Gasteiger partial charge on any atom is -0.390 e. The Bertz CT molecular complexity index is 749. The standard InChI is InChI=1S/C23H33FO2S2/c1-14(2)28-22(27-5)11-9-17-18-7-6-15-12-16(25)8-10-20(15,3)23(18,24)19(26)13-21(17,22)4/h8,10,12,14,17-19,26H,6-7,9,11,13H2,1-5H3/t17-,18-,19-,20-,21-,22-,23?/m0/s1. The van der Waals surface area contributed by atoms with E-state index in [0.717, 1.165) is 31.3 Å². The quantitative estimate of drug-likeness (QED) is 0.602. The molecule has 2 nitrogen and oxygen atoms in total. The first-order valence-corrected chi connectivity index (χ1v) is 12.7. The van der Waals surface area contributed by atoms with Crippen LogP contribution in [-0.2, 0) is 4.79 Å². The van der Waals surface area contributed by atoms with Crippen molar-refractivity contribution in [1.82, 2.24) is 0 Å². The van der Waals surface area contributed by atoms with E-state index in [2.05, 4.69) is 27.0 Å². The number of allylic oxidation sites excluding steroid dienone is 4. The lowest BCUT2D eigenvalue weighted by Gasteiger charge is -2.63. The molecule has 0 heterocycles. The number of rotatable bonds is 3. The van der Waals surface area contributed by atoms with E-state index >= 15 is 4.39 Å². The van der Waals surface area contributed by atoms with Crippen molar-refractivity contribution >= 4 is 29.3 Å². The van der Waals surface area contributed by atoms with Crippen LogP contribution in [0.3, 0.4) is 0 Å². The molecule has 0 amide bonds. The molecule has 1 N–H and O–H groups in total. The van der Waals surface area contributed by atoms with Gasteiger partial charge in [-0.3, -0.25) is 4.79 Å². The van der Waals surface area contributed by atoms with Gasteiger partial charge in [0.15, 0.2) is 11.5 Å². The number of hydrogen-bond donors (Lipinski definition) is 1. The van der Waals surface area contributed by atoms with Crippen LogP contribution in [0.4, 0.5) is 4.39 Å². The number of aliphatic hydroxyl groups is 1. The maximum atomic E-state index is 17.0. The number of aliphatic hydroxyl groups excluding tert-OH is 1. The predicted octanol–water partition coefficient (Wildman–Crippen LogP) is 5.56. The van der Waals surface area contributed by atoms with E-state index in [1.807, 2.05) is 30.4 Å². The van der Waals surface area contributed by atoms with Crippen molar-refractivity contribution in [2.45, 2.75) is 80.9 Å². The zero-order valence-electron chi connectivity index (χ0n) is 17.6. The molecule has 0 aromatic carbocycles. The summed E-state index contributed by atoms with van der Waals surface area (Å²) in [7, 11) is 0. The van der Waals surface area contributed by atoms with Crippen LogP contribution in [0, 0.1) is 22.7 Å². The van der Waals surface area contributed by atoms with Crippen molar-refractivity contribution in [2.24, 2.45) is 22.7 Å². The molecule has 4 rings (SSSR count). The molecule has 1 unspecified atom stereocenters. The lowest BCUT2D eigenvalue weighted by atomic mass is 9.46. The Morgan fingerprint density at radius 3 is 2.61 bits per heavy atom. The molecular weight excluding hydrogens is 391 g/mol. The lowest BCUT2D eigenvalue weighted by Crippen LogP contribution is -2.67. The fourth-order valence-electron chi connectivity index (χ4n) is 7.12. The minimum atomic E-state index is -1.70. The van der Waals surface area contributed by atoms with Crippen LogP contribution in [0.1, 0.15) is 59.8 Å². The third kappa shape index (κ3) is 2.48. The Morgan fingerprint density at radius 1 is 1.25 bits per heavy atom. The van der Waals surface area contributed by atoms with Crippen LogP contribution < -0.4 is 0 Å². The van der Waals surface area contributed by atoms with Crippen LogP contribution in [0.25, 0.3) is 0 Å². The number of ketones is 1. The molecule has 0 bridgehead atoms. The monoisotopic (exact) mass is 424 g/mol. The Morgan fingerprint density at radius 2 is 1.96 bits per heavy atom. The van der Waals surface area contributed by atoms with Crippen LogP contribution in [0.5, 0.6) is 0 Å². The van der Waals surface area contributed by atoms with Crippen molar-refractivity contribution in [1.29, 1.82) is 0 Å². The summed E-state index contributed by atoms with van der Waals surface area (Å²) >= 11 is 3.93. The zero-order valence-corrected chi connectivity index (χ0v) is 19.3.